The molecular weight excluding hydrogens is 62.8 g/mol. The monoisotopic (exact) mass is 72.1 g/mol. The third kappa shape index (κ3) is 20.0. The Labute approximate surface area is 33.9 Å². The Balaban J connectivity index is 0. The lowest BCUT2D eigenvalue weighted by atomic mass is 10.7. The van der Waals surface area contributed by atoms with Gasteiger partial charge < -0.3 is 5.11 Å². The summed E-state index contributed by atoms with van der Waals surface area (Å²) in [4.78, 5) is 0. The molecule has 0 heterocycles. The molecule has 1 nitrogen and oxygen atoms in total. The molecule has 0 unspecified atom stereocenters. The van der Waals surface area contributed by atoms with Crippen molar-refractivity contribution in [3.8, 4) is 0 Å². The van der Waals surface area contributed by atoms with Gasteiger partial charge in [0.15, 0.2) is 0 Å². The first-order valence-corrected chi connectivity index (χ1v) is 1.13. The molecule has 0 aromatic carbocycles. The van der Waals surface area contributed by atoms with Crippen molar-refractivity contribution in [3.05, 3.63) is 12.7 Å². The van der Waals surface area contributed by atoms with Crippen molar-refractivity contribution in [2.45, 2.75) is 0 Å². The molecule has 2 heteroatoms. The van der Waals surface area contributed by atoms with E-state index in [1.165, 1.54) is 6.08 Å². The molecule has 0 aromatic rings. The summed E-state index contributed by atoms with van der Waals surface area (Å²) in [6.07, 6.45) is 1.43. The highest BCUT2D eigenvalue weighted by molar-refractivity contribution is 5.75. The topological polar surface area (TPSA) is 20.2 Å². The Kier molecular flexibility index (Phi) is 16.3. The molecule has 0 saturated heterocycles. The van der Waals surface area contributed by atoms with Gasteiger partial charge in [-0.3, -0.25) is 0 Å². The second-order valence-electron chi connectivity index (χ2n) is 0.471. The summed E-state index contributed by atoms with van der Waals surface area (Å²) in [5, 5.41) is 7.76. The van der Waals surface area contributed by atoms with Crippen LogP contribution in [0.1, 0.15) is 0 Å². The Bertz CT molecular complexity index is 20.9. The van der Waals surface area contributed by atoms with Crippen LogP contribution in [0.15, 0.2) is 12.7 Å². The third-order valence-electron chi connectivity index (χ3n) is 0.129. The molecule has 0 amide bonds. The molecule has 5 heavy (non-hydrogen) atoms. The van der Waals surface area contributed by atoms with Gasteiger partial charge in [-0.05, 0) is 0 Å². The maximum absolute atomic E-state index is 7.76. The summed E-state index contributed by atoms with van der Waals surface area (Å²) in [5.74, 6) is 0. The Morgan fingerprint density at radius 2 is 2.00 bits per heavy atom. The van der Waals surface area contributed by atoms with Crippen molar-refractivity contribution in [3.63, 3.8) is 0 Å². The predicted octanol–water partition coefficient (Wildman–Crippen LogP) is -1.02. The van der Waals surface area contributed by atoms with E-state index in [0.29, 0.717) is 0 Å². The van der Waals surface area contributed by atoms with Gasteiger partial charge in [0.25, 0.3) is 0 Å². The molecule has 0 aliphatic carbocycles. The van der Waals surface area contributed by atoms with Crippen LogP contribution in [-0.4, -0.2) is 20.1 Å². The lowest BCUT2D eigenvalue weighted by molar-refractivity contribution is 0.343. The van der Waals surface area contributed by atoms with Gasteiger partial charge in [0.05, 0.1) is 15.0 Å². The van der Waals surface area contributed by atoms with E-state index in [9.17, 15) is 0 Å². The van der Waals surface area contributed by atoms with Gasteiger partial charge in [-0.15, -0.1) is 6.58 Å². The first-order valence-electron chi connectivity index (χ1n) is 1.13. The highest BCUT2D eigenvalue weighted by Gasteiger charge is 1.45. The molecule has 1 N–H and O–H groups in total. The van der Waals surface area contributed by atoms with Gasteiger partial charge in [-0.1, -0.05) is 6.08 Å². The Morgan fingerprint density at radius 1 is 1.80 bits per heavy atom. The van der Waals surface area contributed by atoms with Gasteiger partial charge in [0.1, 0.15) is 0 Å². The van der Waals surface area contributed by atoms with Crippen LogP contribution >= 0.6 is 0 Å². The van der Waals surface area contributed by atoms with Crippen molar-refractivity contribution in [1.29, 1.82) is 0 Å². The number of aliphatic hydroxyl groups is 1. The predicted molar refractivity (Wildman–Crippen MR) is 27.2 cm³/mol. The minimum Gasteiger partial charge on any atom is -0.392 e. The summed E-state index contributed by atoms with van der Waals surface area (Å²) < 4.78 is 0. The van der Waals surface area contributed by atoms with Gasteiger partial charge in [-0.25, -0.2) is 0 Å². The standard InChI is InChI=1S/C3H6O.BH3/c1-2-3-4;/h2,4H,1,3H2;1H3. The SMILES string of the molecule is B.C=CCO. The molecule has 0 saturated carbocycles. The van der Waals surface area contributed by atoms with Gasteiger partial charge in [0, 0.05) is 0 Å². The van der Waals surface area contributed by atoms with Crippen molar-refractivity contribution in [1.82, 2.24) is 0 Å². The number of hydrogen-bond acceptors (Lipinski definition) is 1. The van der Waals surface area contributed by atoms with E-state index in [0.717, 1.165) is 0 Å². The van der Waals surface area contributed by atoms with Crippen LogP contribution in [0.3, 0.4) is 0 Å². The molecule has 0 rings (SSSR count). The first-order chi connectivity index (χ1) is 1.91. The fraction of sp³-hybridized carbons (Fsp3) is 0.333. The minimum atomic E-state index is 0. The largest absolute Gasteiger partial charge is 0.392 e. The van der Waals surface area contributed by atoms with Crippen LogP contribution < -0.4 is 0 Å². The van der Waals surface area contributed by atoms with E-state index in [-0.39, 0.29) is 15.0 Å². The molecule has 0 spiro atoms. The number of rotatable bonds is 1. The normalized spacial score (nSPS) is 5.00. The molecular formula is C3H9BO. The highest BCUT2D eigenvalue weighted by Crippen LogP contribution is 1.46. The van der Waals surface area contributed by atoms with Crippen LogP contribution in [0, 0.1) is 0 Å². The summed E-state index contributed by atoms with van der Waals surface area (Å²) in [6, 6.07) is 0. The quantitative estimate of drug-likeness (QED) is 0.310. The molecule has 0 aromatic heterocycles. The van der Waals surface area contributed by atoms with E-state index >= 15 is 0 Å². The molecule has 0 aliphatic heterocycles. The summed E-state index contributed by atoms with van der Waals surface area (Å²) in [6.45, 7) is 3.31. The minimum absolute atomic E-state index is 0. The maximum atomic E-state index is 7.76. The maximum Gasteiger partial charge on any atom is 0.0814 e. The fourth-order valence-electron chi connectivity index (χ4n) is 0. The zero-order valence-electron chi connectivity index (χ0n) is 2.44. The zero-order valence-corrected chi connectivity index (χ0v) is 2.44. The summed E-state index contributed by atoms with van der Waals surface area (Å²) in [7, 11) is 0. The highest BCUT2D eigenvalue weighted by atomic mass is 16.2. The van der Waals surface area contributed by atoms with Gasteiger partial charge in [0.2, 0.25) is 0 Å². The lowest BCUT2D eigenvalue weighted by Gasteiger charge is -1.60. The fourth-order valence-corrected chi connectivity index (χ4v) is 0. The second-order valence-corrected chi connectivity index (χ2v) is 0.471. The van der Waals surface area contributed by atoms with E-state index in [1.54, 1.807) is 0 Å². The molecule has 0 aliphatic rings. The Morgan fingerprint density at radius 3 is 2.00 bits per heavy atom. The lowest BCUT2D eigenvalue weighted by Crippen LogP contribution is -1.62. The van der Waals surface area contributed by atoms with E-state index in [4.69, 9.17) is 5.11 Å². The molecule has 0 radical (unpaired) electrons. The smallest absolute Gasteiger partial charge is 0.0814 e. The first kappa shape index (κ1) is 8.83. The van der Waals surface area contributed by atoms with E-state index in [2.05, 4.69) is 6.58 Å². The molecule has 0 bridgehead atoms. The van der Waals surface area contributed by atoms with E-state index < -0.39 is 0 Å². The van der Waals surface area contributed by atoms with E-state index in [1.807, 2.05) is 0 Å². The Hall–Kier alpha value is -0.235. The van der Waals surface area contributed by atoms with Crippen LogP contribution in [0.25, 0.3) is 0 Å². The number of aliphatic hydroxyl groups excluding tert-OH is 1. The average Bonchev–Trinajstić information content (AvgIpc) is 1.37. The van der Waals surface area contributed by atoms with Crippen LogP contribution in [0.2, 0.25) is 0 Å². The average molecular weight is 71.9 g/mol. The van der Waals surface area contributed by atoms with Crippen LogP contribution in [0.5, 0.6) is 0 Å². The molecule has 0 atom stereocenters. The van der Waals surface area contributed by atoms with Crippen molar-refractivity contribution < 1.29 is 5.11 Å². The second kappa shape index (κ2) is 9.24. The third-order valence-corrected chi connectivity index (χ3v) is 0.129. The summed E-state index contributed by atoms with van der Waals surface area (Å²) in [5.41, 5.74) is 0. The van der Waals surface area contributed by atoms with Gasteiger partial charge >= 0.3 is 0 Å². The van der Waals surface area contributed by atoms with Crippen LogP contribution in [0.4, 0.5) is 0 Å². The number of hydrogen-bond donors (Lipinski definition) is 1. The van der Waals surface area contributed by atoms with Crippen molar-refractivity contribution in [2.24, 2.45) is 0 Å². The molecule has 0 fully saturated rings. The zero-order chi connectivity index (χ0) is 3.41. The summed E-state index contributed by atoms with van der Waals surface area (Å²) >= 11 is 0. The van der Waals surface area contributed by atoms with Crippen molar-refractivity contribution >= 4 is 8.41 Å². The van der Waals surface area contributed by atoms with Gasteiger partial charge in [-0.2, -0.15) is 0 Å². The van der Waals surface area contributed by atoms with Crippen molar-refractivity contribution in [2.75, 3.05) is 6.61 Å². The van der Waals surface area contributed by atoms with Crippen LogP contribution in [-0.2, 0) is 0 Å². The molecule has 30 valence electrons.